The Labute approximate surface area is 237 Å². The topological polar surface area (TPSA) is 18.5 Å². The van der Waals surface area contributed by atoms with Crippen LogP contribution in [0.15, 0.2) is 36.4 Å². The van der Waals surface area contributed by atoms with Crippen LogP contribution in [0.4, 0.5) is 22.0 Å². The third-order valence-corrected chi connectivity index (χ3v) is 9.59. The van der Waals surface area contributed by atoms with Crippen LogP contribution in [0.1, 0.15) is 121 Å². The average Bonchev–Trinajstić information content (AvgIpc) is 2.93. The highest BCUT2D eigenvalue weighted by atomic mass is 19.4. The Bertz CT molecular complexity index is 888. The molecule has 7 heteroatoms. The molecule has 0 amide bonds. The summed E-state index contributed by atoms with van der Waals surface area (Å²) in [5, 5.41) is 0. The summed E-state index contributed by atoms with van der Waals surface area (Å²) in [5.74, 6) is 1.11. The van der Waals surface area contributed by atoms with Gasteiger partial charge in [0.25, 0.3) is 0 Å². The van der Waals surface area contributed by atoms with Crippen molar-refractivity contribution in [3.8, 4) is 5.75 Å². The zero-order chi connectivity index (χ0) is 28.6. The molecule has 0 N–H and O–H groups in total. The molecule has 226 valence electrons. The first-order valence-electron chi connectivity index (χ1n) is 15.7. The molecule has 0 atom stereocenters. The zero-order valence-electron chi connectivity index (χ0n) is 23.9. The molecule has 3 fully saturated rings. The lowest BCUT2D eigenvalue weighted by atomic mass is 9.77. The molecule has 0 aromatic heterocycles. The molecule has 3 aliphatic carbocycles. The van der Waals surface area contributed by atoms with E-state index in [1.165, 1.54) is 63.5 Å². The first kappa shape index (κ1) is 31.3. The first-order chi connectivity index (χ1) is 19.1. The second-order valence-corrected chi connectivity index (χ2v) is 12.5. The average molecular weight is 571 g/mol. The summed E-state index contributed by atoms with van der Waals surface area (Å²) in [4.78, 5) is 0. The van der Waals surface area contributed by atoms with E-state index in [0.717, 1.165) is 24.3 Å². The van der Waals surface area contributed by atoms with Crippen molar-refractivity contribution in [2.45, 2.75) is 134 Å². The molecule has 0 unspecified atom stereocenters. The van der Waals surface area contributed by atoms with E-state index < -0.39 is 24.5 Å². The fraction of sp³-hybridized carbons (Fsp3) is 0.758. The number of benzene rings is 1. The van der Waals surface area contributed by atoms with Crippen LogP contribution in [0, 0.1) is 23.7 Å². The number of rotatable bonds is 11. The van der Waals surface area contributed by atoms with E-state index in [2.05, 4.69) is 23.8 Å². The van der Waals surface area contributed by atoms with E-state index in [1.807, 2.05) is 0 Å². The third-order valence-electron chi connectivity index (χ3n) is 9.59. The number of alkyl halides is 5. The Kier molecular flexibility index (Phi) is 11.4. The number of ether oxygens (including phenoxy) is 2. The minimum atomic E-state index is -4.72. The summed E-state index contributed by atoms with van der Waals surface area (Å²) in [7, 11) is 0. The van der Waals surface area contributed by atoms with Gasteiger partial charge in [-0.25, -0.2) is 0 Å². The number of unbranched alkanes of at least 4 members (excludes halogenated alkanes) is 2. The number of halogens is 5. The van der Waals surface area contributed by atoms with Crippen LogP contribution in [0.2, 0.25) is 0 Å². The summed E-state index contributed by atoms with van der Waals surface area (Å²) >= 11 is 0. The van der Waals surface area contributed by atoms with Gasteiger partial charge in [-0.15, -0.1) is 13.2 Å². The number of hydrogen-bond donors (Lipinski definition) is 0. The molecular weight excluding hydrogens is 523 g/mol. The van der Waals surface area contributed by atoms with Crippen molar-refractivity contribution in [2.75, 3.05) is 0 Å². The molecule has 1 aromatic rings. The standard InChI is InChI=1S/C33H47F5O2/c1-2-3-4-5-24-6-8-25(9-7-24)10-11-26-12-18-29(19-13-26)32(34,35)39-30-20-14-27(15-21-30)28-16-22-31(23-17-28)40-33(36,37)38/h10-11,16-17,22-27,29-30H,2-9,12-15,18-21H2,1H3/b11-10+. The van der Waals surface area contributed by atoms with Gasteiger partial charge >= 0.3 is 12.5 Å². The summed E-state index contributed by atoms with van der Waals surface area (Å²) in [6, 6.07) is 5.89. The van der Waals surface area contributed by atoms with Crippen LogP contribution in [0.3, 0.4) is 0 Å². The fourth-order valence-corrected chi connectivity index (χ4v) is 7.09. The van der Waals surface area contributed by atoms with Crippen molar-refractivity contribution < 1.29 is 31.4 Å². The molecule has 0 aliphatic heterocycles. The van der Waals surface area contributed by atoms with E-state index in [1.54, 1.807) is 12.1 Å². The second kappa shape index (κ2) is 14.5. The minimum absolute atomic E-state index is 0.131. The van der Waals surface area contributed by atoms with Gasteiger partial charge in [0.15, 0.2) is 0 Å². The maximum absolute atomic E-state index is 15.1. The smallest absolute Gasteiger partial charge is 0.406 e. The molecule has 3 saturated carbocycles. The molecule has 1 aromatic carbocycles. The van der Waals surface area contributed by atoms with Gasteiger partial charge in [0.1, 0.15) is 5.75 Å². The lowest BCUT2D eigenvalue weighted by Crippen LogP contribution is -2.38. The SMILES string of the molecule is CCCCCC1CCC(/C=C/C2CCC(C(F)(F)OC3CCC(c4ccc(OC(F)(F)F)cc4)CC3)CC2)CC1. The van der Waals surface area contributed by atoms with E-state index >= 15 is 8.78 Å². The van der Waals surface area contributed by atoms with Crippen LogP contribution in [-0.4, -0.2) is 18.6 Å². The highest BCUT2D eigenvalue weighted by molar-refractivity contribution is 5.30. The minimum Gasteiger partial charge on any atom is -0.406 e. The van der Waals surface area contributed by atoms with Crippen molar-refractivity contribution in [1.82, 2.24) is 0 Å². The molecule has 0 bridgehead atoms. The van der Waals surface area contributed by atoms with Gasteiger partial charge in [0.05, 0.1) is 12.0 Å². The normalized spacial score (nSPS) is 30.4. The van der Waals surface area contributed by atoms with E-state index in [4.69, 9.17) is 4.74 Å². The molecule has 2 nitrogen and oxygen atoms in total. The zero-order valence-corrected chi connectivity index (χ0v) is 23.9. The van der Waals surface area contributed by atoms with Crippen LogP contribution >= 0.6 is 0 Å². The van der Waals surface area contributed by atoms with E-state index in [-0.39, 0.29) is 11.7 Å². The molecule has 0 saturated heterocycles. The van der Waals surface area contributed by atoms with Crippen LogP contribution in [0.25, 0.3) is 0 Å². The molecule has 0 spiro atoms. The summed E-state index contributed by atoms with van der Waals surface area (Å²) < 4.78 is 76.7. The largest absolute Gasteiger partial charge is 0.573 e. The van der Waals surface area contributed by atoms with Gasteiger partial charge in [-0.1, -0.05) is 56.9 Å². The van der Waals surface area contributed by atoms with Crippen LogP contribution in [-0.2, 0) is 4.74 Å². The Morgan fingerprint density at radius 2 is 1.30 bits per heavy atom. The quantitative estimate of drug-likeness (QED) is 0.150. The van der Waals surface area contributed by atoms with Gasteiger partial charge in [0, 0.05) is 0 Å². The Hall–Kier alpha value is -1.63. The third kappa shape index (κ3) is 9.73. The summed E-state index contributed by atoms with van der Waals surface area (Å²) in [6.45, 7) is 2.26. The number of allylic oxidation sites excluding steroid dienone is 2. The molecule has 40 heavy (non-hydrogen) atoms. The van der Waals surface area contributed by atoms with Gasteiger partial charge in [-0.2, -0.15) is 8.78 Å². The second-order valence-electron chi connectivity index (χ2n) is 12.5. The maximum atomic E-state index is 15.1. The van der Waals surface area contributed by atoms with E-state index in [0.29, 0.717) is 50.4 Å². The van der Waals surface area contributed by atoms with Crippen LogP contribution < -0.4 is 4.74 Å². The Balaban J connectivity index is 1.14. The van der Waals surface area contributed by atoms with Gasteiger partial charge < -0.3 is 9.47 Å². The van der Waals surface area contributed by atoms with Crippen molar-refractivity contribution in [2.24, 2.45) is 23.7 Å². The predicted octanol–water partition coefficient (Wildman–Crippen LogP) is 11.0. The predicted molar refractivity (Wildman–Crippen MR) is 148 cm³/mol. The van der Waals surface area contributed by atoms with Crippen molar-refractivity contribution in [3.05, 3.63) is 42.0 Å². The lowest BCUT2D eigenvalue weighted by Gasteiger charge is -2.36. The molecule has 4 rings (SSSR count). The summed E-state index contributed by atoms with van der Waals surface area (Å²) in [5.41, 5.74) is 0.908. The molecule has 0 heterocycles. The molecule has 3 aliphatic rings. The monoisotopic (exact) mass is 570 g/mol. The maximum Gasteiger partial charge on any atom is 0.573 e. The highest BCUT2D eigenvalue weighted by Gasteiger charge is 2.44. The van der Waals surface area contributed by atoms with Crippen molar-refractivity contribution in [3.63, 3.8) is 0 Å². The van der Waals surface area contributed by atoms with Crippen molar-refractivity contribution in [1.29, 1.82) is 0 Å². The highest BCUT2D eigenvalue weighted by Crippen LogP contribution is 2.43. The lowest BCUT2D eigenvalue weighted by molar-refractivity contribution is -0.301. The first-order valence-corrected chi connectivity index (χ1v) is 15.7. The van der Waals surface area contributed by atoms with Crippen LogP contribution in [0.5, 0.6) is 5.75 Å². The molecule has 0 radical (unpaired) electrons. The Morgan fingerprint density at radius 1 is 0.725 bits per heavy atom. The molecular formula is C33H47F5O2. The number of hydrogen-bond acceptors (Lipinski definition) is 2. The Morgan fingerprint density at radius 3 is 1.85 bits per heavy atom. The summed E-state index contributed by atoms with van der Waals surface area (Å²) in [6.07, 6.45) is 12.0. The van der Waals surface area contributed by atoms with E-state index in [9.17, 15) is 13.2 Å². The van der Waals surface area contributed by atoms with Crippen molar-refractivity contribution >= 4 is 0 Å². The fourth-order valence-electron chi connectivity index (χ4n) is 7.09. The van der Waals surface area contributed by atoms with Gasteiger partial charge in [0.2, 0.25) is 0 Å². The van der Waals surface area contributed by atoms with Gasteiger partial charge in [-0.3, -0.25) is 0 Å². The van der Waals surface area contributed by atoms with Gasteiger partial charge in [-0.05, 0) is 118 Å².